The van der Waals surface area contributed by atoms with E-state index in [9.17, 15) is 8.78 Å². The first-order valence-corrected chi connectivity index (χ1v) is 10.2. The number of fused-ring (bicyclic) bond motifs is 1. The summed E-state index contributed by atoms with van der Waals surface area (Å²) in [5.41, 5.74) is 10.6. The van der Waals surface area contributed by atoms with Crippen molar-refractivity contribution in [3.63, 3.8) is 0 Å². The molecule has 31 heavy (non-hydrogen) atoms. The Bertz CT molecular complexity index is 1210. The maximum atomic E-state index is 14.0. The molecule has 3 N–H and O–H groups in total. The van der Waals surface area contributed by atoms with Crippen molar-refractivity contribution >= 4 is 22.0 Å². The van der Waals surface area contributed by atoms with Crippen molar-refractivity contribution in [1.82, 2.24) is 10.2 Å². The zero-order valence-corrected chi connectivity index (χ0v) is 17.2. The molecule has 4 rings (SSSR count). The van der Waals surface area contributed by atoms with Crippen LogP contribution in [0.25, 0.3) is 22.0 Å². The van der Waals surface area contributed by atoms with E-state index in [4.69, 9.17) is 10.5 Å². The molecular formula is C25H23F2N3O. The number of ether oxygens (including phenoxy) is 1. The van der Waals surface area contributed by atoms with Gasteiger partial charge in [-0.25, -0.2) is 8.78 Å². The molecular weight excluding hydrogens is 396 g/mol. The summed E-state index contributed by atoms with van der Waals surface area (Å²) in [6.07, 6.45) is 2.35. The number of hydrogen-bond donors (Lipinski definition) is 2. The Hall–Kier alpha value is -3.51. The molecule has 0 bridgehead atoms. The van der Waals surface area contributed by atoms with Gasteiger partial charge >= 0.3 is 0 Å². The number of halogens is 2. The van der Waals surface area contributed by atoms with Crippen LogP contribution in [0.2, 0.25) is 0 Å². The predicted molar refractivity (Wildman–Crippen MR) is 120 cm³/mol. The highest BCUT2D eigenvalue weighted by Gasteiger charge is 2.15. The van der Waals surface area contributed by atoms with Gasteiger partial charge < -0.3 is 10.5 Å². The number of hydrogen-bond acceptors (Lipinski definition) is 3. The number of benzene rings is 3. The van der Waals surface area contributed by atoms with Crippen LogP contribution in [0, 0.1) is 11.6 Å². The van der Waals surface area contributed by atoms with Gasteiger partial charge in [-0.15, -0.1) is 0 Å². The summed E-state index contributed by atoms with van der Waals surface area (Å²) in [7, 11) is 0. The second-order valence-corrected chi connectivity index (χ2v) is 7.20. The van der Waals surface area contributed by atoms with E-state index in [1.807, 2.05) is 49.4 Å². The third-order valence-corrected chi connectivity index (χ3v) is 5.12. The Kier molecular flexibility index (Phi) is 6.09. The topological polar surface area (TPSA) is 63.9 Å². The first-order valence-electron chi connectivity index (χ1n) is 10.2. The fourth-order valence-electron chi connectivity index (χ4n) is 3.76. The second kappa shape index (κ2) is 9.10. The van der Waals surface area contributed by atoms with Gasteiger partial charge in [-0.1, -0.05) is 25.1 Å². The predicted octanol–water partition coefficient (Wildman–Crippen LogP) is 5.55. The van der Waals surface area contributed by atoms with E-state index in [1.54, 1.807) is 6.20 Å². The zero-order chi connectivity index (χ0) is 21.8. The highest BCUT2D eigenvalue weighted by atomic mass is 19.1. The molecule has 0 atom stereocenters. The lowest BCUT2D eigenvalue weighted by atomic mass is 9.87. The first-order chi connectivity index (χ1) is 15.1. The van der Waals surface area contributed by atoms with Crippen molar-refractivity contribution in [3.05, 3.63) is 95.2 Å². The average molecular weight is 419 g/mol. The van der Waals surface area contributed by atoms with Crippen LogP contribution in [-0.2, 0) is 0 Å². The van der Waals surface area contributed by atoms with Gasteiger partial charge in [0, 0.05) is 18.0 Å². The van der Waals surface area contributed by atoms with E-state index < -0.39 is 11.6 Å². The van der Waals surface area contributed by atoms with Crippen LogP contribution < -0.4 is 10.5 Å². The van der Waals surface area contributed by atoms with E-state index in [0.717, 1.165) is 39.2 Å². The SMILES string of the molecule is CCC(=C(c1ccc(OCCN)cc1)c1ccc2[nH]ncc2c1)c1cc(F)cc(F)c1. The van der Waals surface area contributed by atoms with Crippen LogP contribution in [0.3, 0.4) is 0 Å². The van der Waals surface area contributed by atoms with Gasteiger partial charge in [-0.3, -0.25) is 5.10 Å². The first kappa shape index (κ1) is 20.8. The minimum atomic E-state index is -0.601. The summed E-state index contributed by atoms with van der Waals surface area (Å²) < 4.78 is 33.7. The van der Waals surface area contributed by atoms with Crippen LogP contribution in [-0.4, -0.2) is 23.3 Å². The highest BCUT2D eigenvalue weighted by Crippen LogP contribution is 2.36. The number of nitrogens with two attached hydrogens (primary N) is 1. The van der Waals surface area contributed by atoms with Gasteiger partial charge in [0.25, 0.3) is 0 Å². The van der Waals surface area contributed by atoms with Crippen molar-refractivity contribution < 1.29 is 13.5 Å². The van der Waals surface area contributed by atoms with Gasteiger partial charge in [0.2, 0.25) is 0 Å². The number of rotatable bonds is 7. The fourth-order valence-corrected chi connectivity index (χ4v) is 3.76. The van der Waals surface area contributed by atoms with Crippen molar-refractivity contribution in [2.24, 2.45) is 5.73 Å². The van der Waals surface area contributed by atoms with Crippen molar-refractivity contribution in [3.8, 4) is 5.75 Å². The molecule has 3 aromatic carbocycles. The number of aromatic nitrogens is 2. The molecule has 6 heteroatoms. The maximum Gasteiger partial charge on any atom is 0.126 e. The van der Waals surface area contributed by atoms with Crippen LogP contribution in [0.15, 0.2) is 66.9 Å². The molecule has 0 aliphatic rings. The number of nitrogens with zero attached hydrogens (tertiary/aromatic N) is 1. The summed E-state index contributed by atoms with van der Waals surface area (Å²) in [5, 5.41) is 8.00. The van der Waals surface area contributed by atoms with Gasteiger partial charge in [0.15, 0.2) is 0 Å². The third-order valence-electron chi connectivity index (χ3n) is 5.12. The summed E-state index contributed by atoms with van der Waals surface area (Å²) in [5.74, 6) is -0.485. The lowest BCUT2D eigenvalue weighted by Crippen LogP contribution is -2.10. The van der Waals surface area contributed by atoms with E-state index in [0.29, 0.717) is 30.9 Å². The van der Waals surface area contributed by atoms with Gasteiger partial charge in [0.1, 0.15) is 24.0 Å². The summed E-state index contributed by atoms with van der Waals surface area (Å²) in [4.78, 5) is 0. The molecule has 0 unspecified atom stereocenters. The quantitative estimate of drug-likeness (QED) is 0.386. The van der Waals surface area contributed by atoms with Crippen LogP contribution in [0.1, 0.15) is 30.0 Å². The molecule has 4 aromatic rings. The zero-order valence-electron chi connectivity index (χ0n) is 17.2. The second-order valence-electron chi connectivity index (χ2n) is 7.20. The lowest BCUT2D eigenvalue weighted by Gasteiger charge is -2.17. The highest BCUT2D eigenvalue weighted by molar-refractivity contribution is 6.00. The third kappa shape index (κ3) is 4.49. The van der Waals surface area contributed by atoms with E-state index >= 15 is 0 Å². The average Bonchev–Trinajstić information content (AvgIpc) is 3.23. The van der Waals surface area contributed by atoms with E-state index in [-0.39, 0.29) is 0 Å². The molecule has 0 radical (unpaired) electrons. The summed E-state index contributed by atoms with van der Waals surface area (Å²) in [6.45, 7) is 2.85. The normalized spacial score (nSPS) is 12.1. The Morgan fingerprint density at radius 1 is 0.935 bits per heavy atom. The van der Waals surface area contributed by atoms with Gasteiger partial charge in [0.05, 0.1) is 11.7 Å². The summed E-state index contributed by atoms with van der Waals surface area (Å²) >= 11 is 0. The monoisotopic (exact) mass is 419 g/mol. The molecule has 158 valence electrons. The molecule has 0 saturated heterocycles. The smallest absolute Gasteiger partial charge is 0.126 e. The molecule has 0 aliphatic heterocycles. The van der Waals surface area contributed by atoms with Gasteiger partial charge in [-0.2, -0.15) is 5.10 Å². The fraction of sp³-hybridized carbons (Fsp3) is 0.160. The molecule has 0 saturated carbocycles. The number of allylic oxidation sites excluding steroid dienone is 1. The Balaban J connectivity index is 1.92. The molecule has 0 amide bonds. The molecule has 1 aromatic heterocycles. The van der Waals surface area contributed by atoms with Crippen molar-refractivity contribution in [2.75, 3.05) is 13.2 Å². The number of nitrogens with one attached hydrogen (secondary N) is 1. The minimum absolute atomic E-state index is 0.433. The Morgan fingerprint density at radius 2 is 1.65 bits per heavy atom. The Morgan fingerprint density at radius 3 is 2.32 bits per heavy atom. The van der Waals surface area contributed by atoms with E-state index in [1.165, 1.54) is 12.1 Å². The maximum absolute atomic E-state index is 14.0. The molecule has 4 nitrogen and oxygen atoms in total. The van der Waals surface area contributed by atoms with Crippen LogP contribution in [0.5, 0.6) is 5.75 Å². The number of aromatic amines is 1. The number of H-pyrrole nitrogens is 1. The van der Waals surface area contributed by atoms with Gasteiger partial charge in [-0.05, 0) is 70.7 Å². The molecule has 0 spiro atoms. The minimum Gasteiger partial charge on any atom is -0.492 e. The Labute approximate surface area is 179 Å². The molecule has 0 aliphatic carbocycles. The van der Waals surface area contributed by atoms with E-state index in [2.05, 4.69) is 10.2 Å². The molecule has 1 heterocycles. The van der Waals surface area contributed by atoms with Crippen molar-refractivity contribution in [1.29, 1.82) is 0 Å². The lowest BCUT2D eigenvalue weighted by molar-refractivity contribution is 0.328. The van der Waals surface area contributed by atoms with Crippen molar-refractivity contribution in [2.45, 2.75) is 13.3 Å². The van der Waals surface area contributed by atoms with Crippen LogP contribution >= 0.6 is 0 Å². The standard InChI is InChI=1S/C25H23F2N3O/c1-2-23(18-12-20(26)14-21(27)13-18)25(16-3-6-22(7-4-16)31-10-9-28)17-5-8-24-19(11-17)15-29-30-24/h3-8,11-15H,2,9-10,28H2,1H3,(H,29,30). The summed E-state index contributed by atoms with van der Waals surface area (Å²) in [6, 6.07) is 17.2. The van der Waals surface area contributed by atoms with Crippen LogP contribution in [0.4, 0.5) is 8.78 Å². The largest absolute Gasteiger partial charge is 0.492 e. The molecule has 0 fully saturated rings.